The van der Waals surface area contributed by atoms with Crippen molar-refractivity contribution < 1.29 is 14.3 Å². The third-order valence-electron chi connectivity index (χ3n) is 3.37. The molecule has 24 heavy (non-hydrogen) atoms. The number of hydrogen-bond acceptors (Lipinski definition) is 6. The standard InChI is InChI=1S/C16H11Cl2N3O3/c1-23-13-5-2-9(6-10(13)7-24-8-22)12-4-3-11-14(17)20-16(18)21-15(11)19-12/h2-6,8H,7H2,1H3. The first-order valence-corrected chi connectivity index (χ1v) is 7.60. The first kappa shape index (κ1) is 16.4. The molecule has 0 unspecified atom stereocenters. The van der Waals surface area contributed by atoms with Gasteiger partial charge in [-0.1, -0.05) is 11.6 Å². The van der Waals surface area contributed by atoms with E-state index in [-0.39, 0.29) is 17.0 Å². The summed E-state index contributed by atoms with van der Waals surface area (Å²) < 4.78 is 10.1. The highest BCUT2D eigenvalue weighted by Gasteiger charge is 2.11. The Hall–Kier alpha value is -2.44. The van der Waals surface area contributed by atoms with Crippen molar-refractivity contribution in [3.8, 4) is 17.0 Å². The molecule has 0 radical (unpaired) electrons. The molecule has 0 atom stereocenters. The van der Waals surface area contributed by atoms with Crippen LogP contribution in [-0.2, 0) is 16.1 Å². The van der Waals surface area contributed by atoms with Crippen LogP contribution >= 0.6 is 23.2 Å². The van der Waals surface area contributed by atoms with Crippen molar-refractivity contribution in [3.05, 3.63) is 46.3 Å². The van der Waals surface area contributed by atoms with Crippen LogP contribution in [0.25, 0.3) is 22.3 Å². The Morgan fingerprint density at radius 3 is 2.71 bits per heavy atom. The molecular weight excluding hydrogens is 353 g/mol. The van der Waals surface area contributed by atoms with Gasteiger partial charge in [0.05, 0.1) is 18.2 Å². The van der Waals surface area contributed by atoms with Crippen LogP contribution < -0.4 is 4.74 Å². The number of benzene rings is 1. The largest absolute Gasteiger partial charge is 0.496 e. The fraction of sp³-hybridized carbons (Fsp3) is 0.125. The van der Waals surface area contributed by atoms with Crippen molar-refractivity contribution in [2.75, 3.05) is 7.11 Å². The maximum absolute atomic E-state index is 10.4. The molecule has 0 saturated carbocycles. The van der Waals surface area contributed by atoms with E-state index in [4.69, 9.17) is 32.7 Å². The van der Waals surface area contributed by atoms with Gasteiger partial charge in [-0.3, -0.25) is 4.79 Å². The number of rotatable bonds is 5. The van der Waals surface area contributed by atoms with Crippen LogP contribution in [0.4, 0.5) is 0 Å². The second-order valence-electron chi connectivity index (χ2n) is 4.78. The predicted octanol–water partition coefficient (Wildman–Crippen LogP) is 3.68. The minimum atomic E-state index is 0.0342. The number of nitrogens with zero attached hydrogens (tertiary/aromatic N) is 3. The molecule has 2 aromatic heterocycles. The Bertz CT molecular complexity index is 918. The summed E-state index contributed by atoms with van der Waals surface area (Å²) in [7, 11) is 1.55. The fourth-order valence-electron chi connectivity index (χ4n) is 2.28. The maximum atomic E-state index is 10.4. The van der Waals surface area contributed by atoms with Gasteiger partial charge in [-0.2, -0.15) is 4.98 Å². The molecular formula is C16H11Cl2N3O3. The summed E-state index contributed by atoms with van der Waals surface area (Å²) in [5.74, 6) is 0.620. The van der Waals surface area contributed by atoms with Crippen LogP contribution in [-0.4, -0.2) is 28.5 Å². The highest BCUT2D eigenvalue weighted by molar-refractivity contribution is 6.35. The van der Waals surface area contributed by atoms with Crippen LogP contribution in [0.5, 0.6) is 5.75 Å². The summed E-state index contributed by atoms with van der Waals surface area (Å²) in [4.78, 5) is 22.9. The lowest BCUT2D eigenvalue weighted by atomic mass is 10.1. The second-order valence-corrected chi connectivity index (χ2v) is 5.48. The first-order valence-electron chi connectivity index (χ1n) is 6.84. The van der Waals surface area contributed by atoms with Gasteiger partial charge in [0, 0.05) is 11.1 Å². The van der Waals surface area contributed by atoms with Crippen molar-refractivity contribution in [1.82, 2.24) is 15.0 Å². The molecule has 0 saturated heterocycles. The van der Waals surface area contributed by atoms with Gasteiger partial charge in [0.2, 0.25) is 5.28 Å². The maximum Gasteiger partial charge on any atom is 0.293 e. The summed E-state index contributed by atoms with van der Waals surface area (Å²) in [6.07, 6.45) is 0. The lowest BCUT2D eigenvalue weighted by Gasteiger charge is -2.10. The van der Waals surface area contributed by atoms with Gasteiger partial charge < -0.3 is 9.47 Å². The summed E-state index contributed by atoms with van der Waals surface area (Å²) in [5, 5.41) is 0.897. The van der Waals surface area contributed by atoms with Crippen LogP contribution in [0.1, 0.15) is 5.56 Å². The molecule has 0 N–H and O–H groups in total. The summed E-state index contributed by atoms with van der Waals surface area (Å²) >= 11 is 11.9. The lowest BCUT2D eigenvalue weighted by molar-refractivity contribution is -0.129. The zero-order chi connectivity index (χ0) is 17.1. The van der Waals surface area contributed by atoms with E-state index in [1.165, 1.54) is 0 Å². The van der Waals surface area contributed by atoms with Crippen molar-refractivity contribution in [1.29, 1.82) is 0 Å². The van der Waals surface area contributed by atoms with Crippen LogP contribution in [0.3, 0.4) is 0 Å². The van der Waals surface area contributed by atoms with E-state index >= 15 is 0 Å². The number of ether oxygens (including phenoxy) is 2. The van der Waals surface area contributed by atoms with Gasteiger partial charge in [-0.25, -0.2) is 9.97 Å². The fourth-order valence-corrected chi connectivity index (χ4v) is 2.72. The highest BCUT2D eigenvalue weighted by Crippen LogP contribution is 2.28. The van der Waals surface area contributed by atoms with Crippen LogP contribution in [0, 0.1) is 0 Å². The molecule has 0 aliphatic rings. The molecule has 3 aromatic rings. The Morgan fingerprint density at radius 2 is 1.96 bits per heavy atom. The number of fused-ring (bicyclic) bond motifs is 1. The van der Waals surface area contributed by atoms with E-state index in [0.717, 1.165) is 11.1 Å². The lowest BCUT2D eigenvalue weighted by Crippen LogP contribution is -1.97. The molecule has 0 amide bonds. The number of halogens is 2. The van der Waals surface area contributed by atoms with E-state index in [2.05, 4.69) is 15.0 Å². The zero-order valence-corrected chi connectivity index (χ0v) is 14.0. The average molecular weight is 364 g/mol. The van der Waals surface area contributed by atoms with Crippen molar-refractivity contribution in [2.24, 2.45) is 0 Å². The molecule has 1 aromatic carbocycles. The predicted molar refractivity (Wildman–Crippen MR) is 90.2 cm³/mol. The molecule has 0 fully saturated rings. The molecule has 0 aliphatic carbocycles. The Balaban J connectivity index is 2.07. The second kappa shape index (κ2) is 6.98. The van der Waals surface area contributed by atoms with Gasteiger partial charge in [-0.05, 0) is 41.9 Å². The first-order chi connectivity index (χ1) is 11.6. The van der Waals surface area contributed by atoms with Crippen molar-refractivity contribution in [2.45, 2.75) is 6.61 Å². The Morgan fingerprint density at radius 1 is 1.12 bits per heavy atom. The monoisotopic (exact) mass is 363 g/mol. The smallest absolute Gasteiger partial charge is 0.293 e. The third kappa shape index (κ3) is 3.25. The summed E-state index contributed by atoms with van der Waals surface area (Å²) in [6.45, 7) is 0.495. The molecule has 8 heteroatoms. The number of carbonyl (C=O) groups excluding carboxylic acids is 1. The van der Waals surface area contributed by atoms with Crippen molar-refractivity contribution in [3.63, 3.8) is 0 Å². The molecule has 122 valence electrons. The SMILES string of the molecule is COc1ccc(-c2ccc3c(Cl)nc(Cl)nc3n2)cc1COC=O. The zero-order valence-electron chi connectivity index (χ0n) is 12.5. The summed E-state index contributed by atoms with van der Waals surface area (Å²) in [5.41, 5.74) is 2.61. The molecule has 0 bridgehead atoms. The summed E-state index contributed by atoms with van der Waals surface area (Å²) in [6, 6.07) is 9.05. The quantitative estimate of drug-likeness (QED) is 0.391. The van der Waals surface area contributed by atoms with Gasteiger partial charge in [0.25, 0.3) is 6.47 Å². The van der Waals surface area contributed by atoms with E-state index < -0.39 is 0 Å². The topological polar surface area (TPSA) is 74.2 Å². The third-order valence-corrected chi connectivity index (χ3v) is 3.83. The normalized spacial score (nSPS) is 10.6. The van der Waals surface area contributed by atoms with Gasteiger partial charge >= 0.3 is 0 Å². The number of methoxy groups -OCH3 is 1. The molecule has 2 heterocycles. The van der Waals surface area contributed by atoms with Gasteiger partial charge in [-0.15, -0.1) is 0 Å². The Kier molecular flexibility index (Phi) is 4.78. The van der Waals surface area contributed by atoms with Crippen LogP contribution in [0.15, 0.2) is 30.3 Å². The number of pyridine rings is 1. The number of hydrogen-bond donors (Lipinski definition) is 0. The van der Waals surface area contributed by atoms with Crippen LogP contribution in [0.2, 0.25) is 10.4 Å². The van der Waals surface area contributed by atoms with E-state index in [1.807, 2.05) is 12.1 Å². The van der Waals surface area contributed by atoms with Crippen molar-refractivity contribution >= 4 is 40.7 Å². The van der Waals surface area contributed by atoms with Gasteiger partial charge in [0.15, 0.2) is 5.65 Å². The minimum Gasteiger partial charge on any atom is -0.496 e. The molecule has 6 nitrogen and oxygen atoms in total. The van der Waals surface area contributed by atoms with E-state index in [1.54, 1.807) is 25.3 Å². The molecule has 0 spiro atoms. The molecule has 0 aliphatic heterocycles. The highest BCUT2D eigenvalue weighted by atomic mass is 35.5. The van der Waals surface area contributed by atoms with E-state index in [9.17, 15) is 4.79 Å². The van der Waals surface area contributed by atoms with E-state index in [0.29, 0.717) is 28.9 Å². The molecule has 3 rings (SSSR count). The number of aromatic nitrogens is 3. The number of carbonyl (C=O) groups is 1. The van der Waals surface area contributed by atoms with Gasteiger partial charge in [0.1, 0.15) is 17.5 Å². The average Bonchev–Trinajstić information content (AvgIpc) is 2.59. The minimum absolute atomic E-state index is 0.0342. The Labute approximate surface area is 147 Å².